The van der Waals surface area contributed by atoms with Gasteiger partial charge in [0.1, 0.15) is 0 Å². The maximum Gasteiger partial charge on any atom is 0.231 e. The van der Waals surface area contributed by atoms with E-state index >= 15 is 0 Å². The van der Waals surface area contributed by atoms with Crippen LogP contribution in [-0.4, -0.2) is 12.5 Å². The zero-order valence-electron chi connectivity index (χ0n) is 11.3. The number of nitrogens with two attached hydrogens (primary N) is 1. The van der Waals surface area contributed by atoms with Gasteiger partial charge >= 0.3 is 0 Å². The quantitative estimate of drug-likeness (QED) is 0.892. The number of rotatable bonds is 3. The molecule has 3 N–H and O–H groups in total. The van der Waals surface area contributed by atoms with Crippen LogP contribution in [0, 0.1) is 12.3 Å². The van der Waals surface area contributed by atoms with Gasteiger partial charge in [-0.2, -0.15) is 0 Å². The Morgan fingerprint density at radius 1 is 1.37 bits per heavy atom. The van der Waals surface area contributed by atoms with Crippen molar-refractivity contribution in [2.24, 2.45) is 11.1 Å². The number of nitrogens with one attached hydrogen (secondary N) is 1. The van der Waals surface area contributed by atoms with Gasteiger partial charge in [-0.25, -0.2) is 0 Å². The average molecular weight is 325 g/mol. The third-order valence-electron chi connectivity index (χ3n) is 4.05. The topological polar surface area (TPSA) is 55.1 Å². The maximum absolute atomic E-state index is 12.6. The molecule has 1 aliphatic carbocycles. The molecule has 0 aromatic heterocycles. The van der Waals surface area contributed by atoms with Crippen molar-refractivity contribution in [2.45, 2.75) is 39.0 Å². The average Bonchev–Trinajstić information content (AvgIpc) is 2.43. The number of hydrogen-bond donors (Lipinski definition) is 2. The number of carbonyl (C=O) groups excluding carboxylic acids is 1. The summed E-state index contributed by atoms with van der Waals surface area (Å²) in [7, 11) is 0. The molecule has 0 atom stereocenters. The molecule has 1 saturated carbocycles. The zero-order chi connectivity index (χ0) is 13.9. The third kappa shape index (κ3) is 3.18. The second kappa shape index (κ2) is 6.06. The summed E-state index contributed by atoms with van der Waals surface area (Å²) in [5, 5.41) is 3.05. The SMILES string of the molecule is Cc1ccc(Br)c(NC(=O)C2(CN)CCCCC2)c1. The third-order valence-corrected chi connectivity index (χ3v) is 4.74. The summed E-state index contributed by atoms with van der Waals surface area (Å²) in [6.07, 6.45) is 5.21. The van der Waals surface area contributed by atoms with Crippen LogP contribution in [-0.2, 0) is 4.79 Å². The van der Waals surface area contributed by atoms with Crippen LogP contribution in [0.4, 0.5) is 5.69 Å². The molecule has 1 aromatic rings. The van der Waals surface area contributed by atoms with Gasteiger partial charge in [0.15, 0.2) is 0 Å². The Morgan fingerprint density at radius 2 is 2.05 bits per heavy atom. The first-order chi connectivity index (χ1) is 9.07. The summed E-state index contributed by atoms with van der Waals surface area (Å²) in [5.41, 5.74) is 7.48. The lowest BCUT2D eigenvalue weighted by molar-refractivity contribution is -0.126. The van der Waals surface area contributed by atoms with Gasteiger partial charge in [0.25, 0.3) is 0 Å². The molecule has 19 heavy (non-hydrogen) atoms. The standard InChI is InChI=1S/C15H21BrN2O/c1-11-5-6-12(16)13(9-11)18-14(19)15(10-17)7-3-2-4-8-15/h5-6,9H,2-4,7-8,10,17H2,1H3,(H,18,19). The highest BCUT2D eigenvalue weighted by Crippen LogP contribution is 2.37. The van der Waals surface area contributed by atoms with Crippen LogP contribution < -0.4 is 11.1 Å². The van der Waals surface area contributed by atoms with Crippen LogP contribution in [0.5, 0.6) is 0 Å². The summed E-state index contributed by atoms with van der Waals surface area (Å²) in [6.45, 7) is 2.45. The Kier molecular flexibility index (Phi) is 4.63. The molecule has 0 aliphatic heterocycles. The Bertz CT molecular complexity index is 467. The van der Waals surface area contributed by atoms with E-state index in [-0.39, 0.29) is 11.3 Å². The molecule has 1 aromatic carbocycles. The second-order valence-electron chi connectivity index (χ2n) is 5.48. The molecular formula is C15H21BrN2O. The number of carbonyl (C=O) groups is 1. The van der Waals surface area contributed by atoms with Crippen molar-refractivity contribution in [1.29, 1.82) is 0 Å². The first kappa shape index (κ1) is 14.5. The molecule has 104 valence electrons. The van der Waals surface area contributed by atoms with Crippen LogP contribution in [0.3, 0.4) is 0 Å². The van der Waals surface area contributed by atoms with Gasteiger partial charge in [-0.3, -0.25) is 4.79 Å². The highest BCUT2D eigenvalue weighted by Gasteiger charge is 2.38. The van der Waals surface area contributed by atoms with Crippen molar-refractivity contribution < 1.29 is 4.79 Å². The normalized spacial score (nSPS) is 18.1. The number of amides is 1. The van der Waals surface area contributed by atoms with E-state index in [1.807, 2.05) is 25.1 Å². The Labute approximate surface area is 123 Å². The van der Waals surface area contributed by atoms with E-state index in [1.165, 1.54) is 6.42 Å². The molecule has 0 saturated heterocycles. The van der Waals surface area contributed by atoms with Crippen LogP contribution in [0.2, 0.25) is 0 Å². The lowest BCUT2D eigenvalue weighted by atomic mass is 9.73. The summed E-state index contributed by atoms with van der Waals surface area (Å²) < 4.78 is 0.912. The molecule has 4 heteroatoms. The summed E-state index contributed by atoms with van der Waals surface area (Å²) in [5.74, 6) is 0.0704. The van der Waals surface area contributed by atoms with Gasteiger partial charge in [-0.05, 0) is 53.4 Å². The summed E-state index contributed by atoms with van der Waals surface area (Å²) >= 11 is 3.48. The number of anilines is 1. The second-order valence-corrected chi connectivity index (χ2v) is 6.34. The Balaban J connectivity index is 2.17. The molecule has 0 spiro atoms. The lowest BCUT2D eigenvalue weighted by Gasteiger charge is -2.34. The van der Waals surface area contributed by atoms with Crippen LogP contribution >= 0.6 is 15.9 Å². The van der Waals surface area contributed by atoms with Crippen molar-refractivity contribution in [3.8, 4) is 0 Å². The van der Waals surface area contributed by atoms with E-state index in [2.05, 4.69) is 21.2 Å². The number of halogens is 1. The van der Waals surface area contributed by atoms with Crippen molar-refractivity contribution in [1.82, 2.24) is 0 Å². The molecule has 0 heterocycles. The monoisotopic (exact) mass is 324 g/mol. The minimum absolute atomic E-state index is 0.0704. The zero-order valence-corrected chi connectivity index (χ0v) is 12.9. The van der Waals surface area contributed by atoms with Crippen molar-refractivity contribution in [2.75, 3.05) is 11.9 Å². The minimum Gasteiger partial charge on any atom is -0.329 e. The van der Waals surface area contributed by atoms with Gasteiger partial charge in [0.2, 0.25) is 5.91 Å². The van der Waals surface area contributed by atoms with Gasteiger partial charge in [-0.1, -0.05) is 25.3 Å². The predicted octanol–water partition coefficient (Wildman–Crippen LogP) is 3.61. The molecule has 1 fully saturated rings. The fraction of sp³-hybridized carbons (Fsp3) is 0.533. The first-order valence-electron chi connectivity index (χ1n) is 6.85. The van der Waals surface area contributed by atoms with Gasteiger partial charge in [0.05, 0.1) is 11.1 Å². The Hall–Kier alpha value is -0.870. The molecule has 0 radical (unpaired) electrons. The molecule has 0 unspecified atom stereocenters. The Morgan fingerprint density at radius 3 is 2.68 bits per heavy atom. The maximum atomic E-state index is 12.6. The fourth-order valence-electron chi connectivity index (χ4n) is 2.74. The van der Waals surface area contributed by atoms with E-state index in [9.17, 15) is 4.79 Å². The predicted molar refractivity (Wildman–Crippen MR) is 82.1 cm³/mol. The van der Waals surface area contributed by atoms with E-state index in [1.54, 1.807) is 0 Å². The van der Waals surface area contributed by atoms with Crippen LogP contribution in [0.15, 0.2) is 22.7 Å². The smallest absolute Gasteiger partial charge is 0.231 e. The molecule has 2 rings (SSSR count). The largest absolute Gasteiger partial charge is 0.329 e. The molecule has 1 aliphatic rings. The number of hydrogen-bond acceptors (Lipinski definition) is 2. The van der Waals surface area contributed by atoms with Gasteiger partial charge in [-0.15, -0.1) is 0 Å². The van der Waals surface area contributed by atoms with Crippen molar-refractivity contribution >= 4 is 27.5 Å². The van der Waals surface area contributed by atoms with Gasteiger partial charge in [0, 0.05) is 11.0 Å². The molecule has 1 amide bonds. The van der Waals surface area contributed by atoms with Gasteiger partial charge < -0.3 is 11.1 Å². The van der Waals surface area contributed by atoms with Crippen molar-refractivity contribution in [3.05, 3.63) is 28.2 Å². The molecule has 3 nitrogen and oxygen atoms in total. The first-order valence-corrected chi connectivity index (χ1v) is 7.64. The summed E-state index contributed by atoms with van der Waals surface area (Å²) in [6, 6.07) is 5.95. The van der Waals surface area contributed by atoms with Crippen molar-refractivity contribution in [3.63, 3.8) is 0 Å². The number of benzene rings is 1. The molecular weight excluding hydrogens is 304 g/mol. The highest BCUT2D eigenvalue weighted by atomic mass is 79.9. The molecule has 0 bridgehead atoms. The number of aryl methyl sites for hydroxylation is 1. The van der Waals surface area contributed by atoms with Crippen LogP contribution in [0.1, 0.15) is 37.7 Å². The lowest BCUT2D eigenvalue weighted by Crippen LogP contribution is -2.43. The van der Waals surface area contributed by atoms with E-state index in [0.717, 1.165) is 41.4 Å². The highest BCUT2D eigenvalue weighted by molar-refractivity contribution is 9.10. The minimum atomic E-state index is -0.374. The van der Waals surface area contributed by atoms with E-state index < -0.39 is 0 Å². The summed E-state index contributed by atoms with van der Waals surface area (Å²) in [4.78, 5) is 12.6. The van der Waals surface area contributed by atoms with Crippen LogP contribution in [0.25, 0.3) is 0 Å². The van der Waals surface area contributed by atoms with E-state index in [0.29, 0.717) is 6.54 Å². The fourth-order valence-corrected chi connectivity index (χ4v) is 3.09. The van der Waals surface area contributed by atoms with E-state index in [4.69, 9.17) is 5.73 Å².